The summed E-state index contributed by atoms with van der Waals surface area (Å²) in [7, 11) is 0. The molecule has 0 radical (unpaired) electrons. The molecule has 1 rings (SSSR count). The van der Waals surface area contributed by atoms with Crippen LogP contribution >= 0.6 is 11.6 Å². The fourth-order valence-corrected chi connectivity index (χ4v) is 2.50. The number of benzene rings is 1. The Labute approximate surface area is 116 Å². The third-order valence-electron chi connectivity index (χ3n) is 3.27. The van der Waals surface area contributed by atoms with E-state index >= 15 is 0 Å². The molecule has 0 aliphatic carbocycles. The van der Waals surface area contributed by atoms with E-state index in [0.717, 1.165) is 36.5 Å². The van der Waals surface area contributed by atoms with Gasteiger partial charge in [0.25, 0.3) is 0 Å². The van der Waals surface area contributed by atoms with E-state index in [1.54, 1.807) is 0 Å². The van der Waals surface area contributed by atoms with Crippen LogP contribution in [0.5, 0.6) is 0 Å². The summed E-state index contributed by atoms with van der Waals surface area (Å²) < 4.78 is 0. The van der Waals surface area contributed by atoms with Gasteiger partial charge in [-0.25, -0.2) is 0 Å². The minimum absolute atomic E-state index is 0.281. The predicted octanol–water partition coefficient (Wildman–Crippen LogP) is 3.77. The molecule has 1 atom stereocenters. The van der Waals surface area contributed by atoms with Gasteiger partial charge in [0.05, 0.1) is 0 Å². The van der Waals surface area contributed by atoms with Gasteiger partial charge < -0.3 is 5.73 Å². The first kappa shape index (κ1) is 15.5. The largest absolute Gasteiger partial charge is 0.329 e. The van der Waals surface area contributed by atoms with Crippen LogP contribution in [0, 0.1) is 6.92 Å². The summed E-state index contributed by atoms with van der Waals surface area (Å²) in [6.07, 6.45) is 2.30. The van der Waals surface area contributed by atoms with Crippen LogP contribution < -0.4 is 5.73 Å². The van der Waals surface area contributed by atoms with Gasteiger partial charge in [-0.1, -0.05) is 37.6 Å². The van der Waals surface area contributed by atoms with Gasteiger partial charge in [-0.05, 0) is 50.0 Å². The fourth-order valence-electron chi connectivity index (χ4n) is 2.31. The van der Waals surface area contributed by atoms with Crippen LogP contribution in [0.25, 0.3) is 0 Å². The summed E-state index contributed by atoms with van der Waals surface area (Å²) in [4.78, 5) is 2.46. The summed E-state index contributed by atoms with van der Waals surface area (Å²) in [5, 5.41) is 0.832. The molecule has 3 heteroatoms. The number of hydrogen-bond acceptors (Lipinski definition) is 2. The lowest BCUT2D eigenvalue weighted by Gasteiger charge is -2.31. The minimum Gasteiger partial charge on any atom is -0.329 e. The molecule has 0 aliphatic rings. The smallest absolute Gasteiger partial charge is 0.0470 e. The number of hydrogen-bond donors (Lipinski definition) is 1. The summed E-state index contributed by atoms with van der Waals surface area (Å²) in [6.45, 7) is 9.25. The first-order valence-corrected chi connectivity index (χ1v) is 7.22. The van der Waals surface area contributed by atoms with Gasteiger partial charge in [-0.2, -0.15) is 0 Å². The lowest BCUT2D eigenvalue weighted by molar-refractivity contribution is 0.202. The van der Waals surface area contributed by atoms with Crippen LogP contribution in [0.15, 0.2) is 18.2 Å². The fraction of sp³-hybridized carbons (Fsp3) is 0.600. The molecule has 0 bridgehead atoms. The summed E-state index contributed by atoms with van der Waals surface area (Å²) >= 11 is 6.21. The lowest BCUT2D eigenvalue weighted by atomic mass is 10.0. The minimum atomic E-state index is 0.281. The second kappa shape index (κ2) is 7.78. The molecule has 0 saturated heterocycles. The molecule has 2 nitrogen and oxygen atoms in total. The van der Waals surface area contributed by atoms with Crippen LogP contribution in [-0.2, 0) is 0 Å². The highest BCUT2D eigenvalue weighted by Crippen LogP contribution is 2.25. The number of nitrogens with zero attached hydrogens (tertiary/aromatic N) is 1. The Bertz CT molecular complexity index is 360. The van der Waals surface area contributed by atoms with Crippen LogP contribution in [0.4, 0.5) is 0 Å². The summed E-state index contributed by atoms with van der Waals surface area (Å²) in [5.41, 5.74) is 8.32. The third kappa shape index (κ3) is 3.98. The lowest BCUT2D eigenvalue weighted by Crippen LogP contribution is -2.35. The van der Waals surface area contributed by atoms with Crippen molar-refractivity contribution in [3.63, 3.8) is 0 Å². The molecule has 0 amide bonds. The molecule has 0 heterocycles. The van der Waals surface area contributed by atoms with Crippen molar-refractivity contribution in [2.75, 3.05) is 19.6 Å². The van der Waals surface area contributed by atoms with E-state index in [-0.39, 0.29) is 6.04 Å². The van der Waals surface area contributed by atoms with Crippen molar-refractivity contribution < 1.29 is 0 Å². The van der Waals surface area contributed by atoms with Gasteiger partial charge in [0, 0.05) is 17.6 Å². The normalized spacial score (nSPS) is 13.0. The zero-order chi connectivity index (χ0) is 13.5. The molecule has 102 valence electrons. The zero-order valence-electron chi connectivity index (χ0n) is 11.7. The molecule has 0 fully saturated rings. The maximum Gasteiger partial charge on any atom is 0.0470 e. The monoisotopic (exact) mass is 268 g/mol. The van der Waals surface area contributed by atoms with Crippen LogP contribution in [-0.4, -0.2) is 24.5 Å². The van der Waals surface area contributed by atoms with E-state index < -0.39 is 0 Å². The molecule has 18 heavy (non-hydrogen) atoms. The van der Waals surface area contributed by atoms with Crippen molar-refractivity contribution in [3.05, 3.63) is 34.3 Å². The second-order valence-electron chi connectivity index (χ2n) is 4.80. The molecular weight excluding hydrogens is 244 g/mol. The highest BCUT2D eigenvalue weighted by molar-refractivity contribution is 6.31. The Hall–Kier alpha value is -0.570. The molecule has 0 saturated carbocycles. The number of nitrogens with two attached hydrogens (primary N) is 1. The van der Waals surface area contributed by atoms with Crippen molar-refractivity contribution in [1.82, 2.24) is 4.90 Å². The quantitative estimate of drug-likeness (QED) is 0.816. The molecular formula is C15H25ClN2. The van der Waals surface area contributed by atoms with Crippen molar-refractivity contribution in [2.45, 2.75) is 39.7 Å². The average Bonchev–Trinajstić information content (AvgIpc) is 2.35. The predicted molar refractivity (Wildman–Crippen MR) is 80.1 cm³/mol. The SMILES string of the molecule is CCCN(CCC)C(CN)c1ccc(C)c(Cl)c1. The first-order chi connectivity index (χ1) is 8.63. The average molecular weight is 269 g/mol. The standard InChI is InChI=1S/C15H25ClN2/c1-4-8-18(9-5-2)15(11-17)13-7-6-12(3)14(16)10-13/h6-7,10,15H,4-5,8-9,11,17H2,1-3H3. The molecule has 0 aromatic heterocycles. The molecule has 0 spiro atoms. The van der Waals surface area contributed by atoms with Crippen molar-refractivity contribution >= 4 is 11.6 Å². The van der Waals surface area contributed by atoms with E-state index in [9.17, 15) is 0 Å². The maximum atomic E-state index is 6.21. The number of aryl methyl sites for hydroxylation is 1. The molecule has 1 unspecified atom stereocenters. The number of rotatable bonds is 7. The van der Waals surface area contributed by atoms with Crippen molar-refractivity contribution in [1.29, 1.82) is 0 Å². The summed E-state index contributed by atoms with van der Waals surface area (Å²) in [5.74, 6) is 0. The Morgan fingerprint density at radius 2 is 1.83 bits per heavy atom. The van der Waals surface area contributed by atoms with Crippen LogP contribution in [0.3, 0.4) is 0 Å². The molecule has 1 aromatic carbocycles. The Balaban J connectivity index is 2.94. The van der Waals surface area contributed by atoms with Gasteiger partial charge in [0.1, 0.15) is 0 Å². The molecule has 0 aliphatic heterocycles. The van der Waals surface area contributed by atoms with E-state index in [1.807, 2.05) is 6.92 Å². The van der Waals surface area contributed by atoms with E-state index in [2.05, 4.69) is 36.9 Å². The topological polar surface area (TPSA) is 29.3 Å². The van der Waals surface area contributed by atoms with Gasteiger partial charge in [0.2, 0.25) is 0 Å². The van der Waals surface area contributed by atoms with Crippen LogP contribution in [0.1, 0.15) is 43.9 Å². The van der Waals surface area contributed by atoms with Crippen molar-refractivity contribution in [3.8, 4) is 0 Å². The summed E-state index contributed by atoms with van der Waals surface area (Å²) in [6, 6.07) is 6.57. The van der Waals surface area contributed by atoms with Gasteiger partial charge in [-0.3, -0.25) is 4.90 Å². The van der Waals surface area contributed by atoms with E-state index in [0.29, 0.717) is 6.54 Å². The third-order valence-corrected chi connectivity index (χ3v) is 3.67. The van der Waals surface area contributed by atoms with E-state index in [1.165, 1.54) is 5.56 Å². The van der Waals surface area contributed by atoms with Gasteiger partial charge >= 0.3 is 0 Å². The first-order valence-electron chi connectivity index (χ1n) is 6.84. The van der Waals surface area contributed by atoms with Crippen molar-refractivity contribution in [2.24, 2.45) is 5.73 Å². The maximum absolute atomic E-state index is 6.21. The molecule has 1 aromatic rings. The highest BCUT2D eigenvalue weighted by Gasteiger charge is 2.18. The van der Waals surface area contributed by atoms with Crippen LogP contribution in [0.2, 0.25) is 5.02 Å². The van der Waals surface area contributed by atoms with Gasteiger partial charge in [0.15, 0.2) is 0 Å². The Morgan fingerprint density at radius 3 is 2.28 bits per heavy atom. The second-order valence-corrected chi connectivity index (χ2v) is 5.20. The van der Waals surface area contributed by atoms with E-state index in [4.69, 9.17) is 17.3 Å². The highest BCUT2D eigenvalue weighted by atomic mass is 35.5. The zero-order valence-corrected chi connectivity index (χ0v) is 12.5. The van der Waals surface area contributed by atoms with Gasteiger partial charge in [-0.15, -0.1) is 0 Å². The number of halogens is 1. The Kier molecular flexibility index (Phi) is 6.69. The Morgan fingerprint density at radius 1 is 1.22 bits per heavy atom. The molecule has 2 N–H and O–H groups in total.